The van der Waals surface area contributed by atoms with E-state index in [-0.39, 0.29) is 5.56 Å². The molecule has 6 nitrogen and oxygen atoms in total. The third-order valence-electron chi connectivity index (χ3n) is 6.33. The van der Waals surface area contributed by atoms with Crippen LogP contribution in [0.5, 0.6) is 0 Å². The van der Waals surface area contributed by atoms with E-state index in [1.807, 2.05) is 17.8 Å². The Bertz CT molecular complexity index is 919. The second-order valence-electron chi connectivity index (χ2n) is 8.25. The lowest BCUT2D eigenvalue weighted by atomic mass is 9.95. The van der Waals surface area contributed by atoms with Crippen molar-refractivity contribution in [2.24, 2.45) is 5.92 Å². The maximum atomic E-state index is 12.5. The summed E-state index contributed by atoms with van der Waals surface area (Å²) in [7, 11) is 0. The number of rotatable bonds is 3. The molecule has 28 heavy (non-hydrogen) atoms. The molecule has 0 radical (unpaired) electrons. The molecule has 0 unspecified atom stereocenters. The van der Waals surface area contributed by atoms with Crippen LogP contribution in [0.4, 0.5) is 5.82 Å². The Labute approximate surface area is 169 Å². The first-order valence-electron chi connectivity index (χ1n) is 10.5. The van der Waals surface area contributed by atoms with Gasteiger partial charge in [-0.1, -0.05) is 0 Å². The highest BCUT2D eigenvalue weighted by Crippen LogP contribution is 2.28. The van der Waals surface area contributed by atoms with Gasteiger partial charge in [-0.05, 0) is 67.4 Å². The fourth-order valence-corrected chi connectivity index (χ4v) is 5.56. The van der Waals surface area contributed by atoms with Gasteiger partial charge < -0.3 is 4.90 Å². The van der Waals surface area contributed by atoms with Crippen molar-refractivity contribution >= 4 is 17.6 Å². The van der Waals surface area contributed by atoms with Gasteiger partial charge in [0.1, 0.15) is 0 Å². The molecule has 3 aliphatic rings. The van der Waals surface area contributed by atoms with Crippen molar-refractivity contribution in [3.63, 3.8) is 0 Å². The highest BCUT2D eigenvalue weighted by Gasteiger charge is 2.23. The van der Waals surface area contributed by atoms with Gasteiger partial charge in [0.05, 0.1) is 11.4 Å². The fraction of sp³-hybridized carbons (Fsp3) is 0.619. The van der Waals surface area contributed by atoms with Crippen molar-refractivity contribution in [2.75, 3.05) is 23.7 Å². The number of thioether (sulfide) groups is 1. The minimum absolute atomic E-state index is 0.0705. The van der Waals surface area contributed by atoms with Gasteiger partial charge in [0, 0.05) is 37.9 Å². The van der Waals surface area contributed by atoms with Crippen LogP contribution in [0, 0.1) is 5.92 Å². The zero-order valence-corrected chi connectivity index (χ0v) is 17.1. The van der Waals surface area contributed by atoms with Crippen molar-refractivity contribution in [2.45, 2.75) is 57.2 Å². The number of hydrogen-bond acceptors (Lipinski definition) is 6. The number of aryl methyl sites for hydroxylation is 3. The quantitative estimate of drug-likeness (QED) is 0.793. The number of anilines is 1. The molecule has 5 rings (SSSR count). The zero-order chi connectivity index (χ0) is 18.9. The lowest BCUT2D eigenvalue weighted by molar-refractivity contribution is 0.331. The van der Waals surface area contributed by atoms with Gasteiger partial charge in [-0.25, -0.2) is 4.68 Å². The molecule has 0 N–H and O–H groups in total. The Morgan fingerprint density at radius 1 is 1.00 bits per heavy atom. The van der Waals surface area contributed by atoms with Gasteiger partial charge in [0.15, 0.2) is 5.82 Å². The third-order valence-corrected chi connectivity index (χ3v) is 7.34. The van der Waals surface area contributed by atoms with Crippen molar-refractivity contribution in [3.8, 4) is 0 Å². The van der Waals surface area contributed by atoms with Gasteiger partial charge in [-0.3, -0.25) is 4.79 Å². The van der Waals surface area contributed by atoms with E-state index < -0.39 is 0 Å². The summed E-state index contributed by atoms with van der Waals surface area (Å²) in [6.45, 7) is 2.70. The van der Waals surface area contributed by atoms with Crippen LogP contribution in [0.3, 0.4) is 0 Å². The van der Waals surface area contributed by atoms with Crippen LogP contribution >= 0.6 is 11.8 Å². The van der Waals surface area contributed by atoms with Crippen molar-refractivity contribution in [1.29, 1.82) is 0 Å². The maximum Gasteiger partial charge on any atom is 0.267 e. The van der Waals surface area contributed by atoms with E-state index in [0.29, 0.717) is 5.92 Å². The van der Waals surface area contributed by atoms with E-state index in [1.165, 1.54) is 29.7 Å². The highest BCUT2D eigenvalue weighted by molar-refractivity contribution is 7.98. The van der Waals surface area contributed by atoms with E-state index in [9.17, 15) is 4.79 Å². The van der Waals surface area contributed by atoms with Crippen molar-refractivity contribution < 1.29 is 0 Å². The van der Waals surface area contributed by atoms with Crippen LogP contribution in [0.15, 0.2) is 16.9 Å². The molecule has 2 aliphatic heterocycles. The zero-order valence-electron chi connectivity index (χ0n) is 16.3. The van der Waals surface area contributed by atoms with Gasteiger partial charge in [0.25, 0.3) is 5.56 Å². The number of aromatic nitrogens is 4. The number of fused-ring (bicyclic) bond motifs is 2. The topological polar surface area (TPSA) is 63.9 Å². The molecule has 0 bridgehead atoms. The monoisotopic (exact) mass is 397 g/mol. The molecule has 0 saturated carbocycles. The molecule has 1 fully saturated rings. The Morgan fingerprint density at radius 2 is 1.86 bits per heavy atom. The standard InChI is InChI=1S/C21H27N5OS/c27-21-12-16-3-1-2-4-19(16)24-26(21)13-15-5-8-25(9-6-15)20-11-17-14-28-10-7-18(17)22-23-20/h11-12,15H,1-10,13-14H2. The van der Waals surface area contributed by atoms with Crippen LogP contribution < -0.4 is 10.5 Å². The molecular weight excluding hydrogens is 370 g/mol. The summed E-state index contributed by atoms with van der Waals surface area (Å²) in [5.74, 6) is 3.73. The Morgan fingerprint density at radius 3 is 2.75 bits per heavy atom. The first kappa shape index (κ1) is 18.2. The Hall–Kier alpha value is -1.89. The molecule has 1 aliphatic carbocycles. The van der Waals surface area contributed by atoms with Crippen LogP contribution in [-0.2, 0) is 31.6 Å². The van der Waals surface area contributed by atoms with Gasteiger partial charge in [0.2, 0.25) is 0 Å². The lowest BCUT2D eigenvalue weighted by Crippen LogP contribution is -2.38. The van der Waals surface area contributed by atoms with Crippen LogP contribution in [0.25, 0.3) is 0 Å². The molecule has 2 aromatic rings. The van der Waals surface area contributed by atoms with Crippen molar-refractivity contribution in [3.05, 3.63) is 45.0 Å². The molecule has 0 amide bonds. The molecular formula is C21H27N5OS. The largest absolute Gasteiger partial charge is 0.355 e. The Balaban J connectivity index is 1.24. The van der Waals surface area contributed by atoms with E-state index in [1.54, 1.807) is 4.68 Å². The summed E-state index contributed by atoms with van der Waals surface area (Å²) < 4.78 is 1.72. The minimum Gasteiger partial charge on any atom is -0.355 e. The number of piperidine rings is 1. The average Bonchev–Trinajstić information content (AvgIpc) is 2.74. The molecule has 4 heterocycles. The summed E-state index contributed by atoms with van der Waals surface area (Å²) in [5, 5.41) is 13.7. The summed E-state index contributed by atoms with van der Waals surface area (Å²) in [4.78, 5) is 14.8. The minimum atomic E-state index is 0.0705. The highest BCUT2D eigenvalue weighted by atomic mass is 32.2. The number of nitrogens with zero attached hydrogens (tertiary/aromatic N) is 5. The van der Waals surface area contributed by atoms with Gasteiger partial charge in [-0.15, -0.1) is 5.10 Å². The second-order valence-corrected chi connectivity index (χ2v) is 9.36. The molecule has 0 aromatic carbocycles. The lowest BCUT2D eigenvalue weighted by Gasteiger charge is -2.33. The van der Waals surface area contributed by atoms with Crippen LogP contribution in [-0.4, -0.2) is 38.8 Å². The molecule has 0 spiro atoms. The van der Waals surface area contributed by atoms with E-state index in [2.05, 4.69) is 21.2 Å². The van der Waals surface area contributed by atoms with Crippen molar-refractivity contribution in [1.82, 2.24) is 20.0 Å². The fourth-order valence-electron chi connectivity index (χ4n) is 4.61. The molecule has 7 heteroatoms. The second kappa shape index (κ2) is 7.85. The Kier molecular flexibility index (Phi) is 5.09. The summed E-state index contributed by atoms with van der Waals surface area (Å²) in [6.07, 6.45) is 7.58. The predicted octanol–water partition coefficient (Wildman–Crippen LogP) is 2.62. The average molecular weight is 398 g/mol. The van der Waals surface area contributed by atoms with Gasteiger partial charge in [-0.2, -0.15) is 22.0 Å². The van der Waals surface area contributed by atoms with Gasteiger partial charge >= 0.3 is 0 Å². The smallest absolute Gasteiger partial charge is 0.267 e. The summed E-state index contributed by atoms with van der Waals surface area (Å²) in [6, 6.07) is 4.07. The van der Waals surface area contributed by atoms with Crippen LogP contribution in [0.2, 0.25) is 0 Å². The SMILES string of the molecule is O=c1cc2c(nn1CC1CCN(c3cc4c(nn3)CCSC4)CC1)CCCC2. The number of hydrogen-bond donors (Lipinski definition) is 0. The normalized spacial score (nSPS) is 19.9. The maximum absolute atomic E-state index is 12.5. The molecule has 0 atom stereocenters. The summed E-state index contributed by atoms with van der Waals surface area (Å²) in [5.41, 5.74) is 4.92. The first-order valence-corrected chi connectivity index (χ1v) is 11.7. The third kappa shape index (κ3) is 3.69. The first-order chi connectivity index (χ1) is 13.8. The van der Waals surface area contributed by atoms with Crippen LogP contribution in [0.1, 0.15) is 48.2 Å². The van der Waals surface area contributed by atoms with E-state index in [4.69, 9.17) is 5.10 Å². The van der Waals surface area contributed by atoms with E-state index in [0.717, 1.165) is 74.8 Å². The van der Waals surface area contributed by atoms with E-state index >= 15 is 0 Å². The summed E-state index contributed by atoms with van der Waals surface area (Å²) >= 11 is 1.98. The molecule has 1 saturated heterocycles. The molecule has 148 valence electrons. The predicted molar refractivity (Wildman–Crippen MR) is 112 cm³/mol. The molecule has 2 aromatic heterocycles.